The van der Waals surface area contributed by atoms with E-state index >= 15 is 0 Å². The fourth-order valence-electron chi connectivity index (χ4n) is 1.93. The predicted octanol–water partition coefficient (Wildman–Crippen LogP) is 1.82. The largest absolute Gasteiger partial charge is 0.480 e. The van der Waals surface area contributed by atoms with E-state index < -0.39 is 23.7 Å². The van der Waals surface area contributed by atoms with Gasteiger partial charge in [-0.25, -0.2) is 4.79 Å². The van der Waals surface area contributed by atoms with Gasteiger partial charge in [0.05, 0.1) is 0 Å². The first-order valence-corrected chi connectivity index (χ1v) is 7.00. The minimum atomic E-state index is -0.982. The zero-order chi connectivity index (χ0) is 16.0. The summed E-state index contributed by atoms with van der Waals surface area (Å²) in [7, 11) is 0. The van der Waals surface area contributed by atoms with Crippen LogP contribution in [0.3, 0.4) is 0 Å². The van der Waals surface area contributed by atoms with Gasteiger partial charge < -0.3 is 20.9 Å². The van der Waals surface area contributed by atoms with Crippen molar-refractivity contribution >= 4 is 12.1 Å². The summed E-state index contributed by atoms with van der Waals surface area (Å²) in [6.07, 6.45) is 6.50. The quantitative estimate of drug-likeness (QED) is 0.718. The molecule has 6 heteroatoms. The second-order valence-corrected chi connectivity index (χ2v) is 6.17. The molecule has 0 bridgehead atoms. The van der Waals surface area contributed by atoms with Crippen molar-refractivity contribution in [3.8, 4) is 0 Å². The number of allylic oxidation sites excluding steroid dienone is 2. The number of carboxylic acids is 1. The highest BCUT2D eigenvalue weighted by molar-refractivity contribution is 5.73. The summed E-state index contributed by atoms with van der Waals surface area (Å²) in [6, 6.07) is -0.838. The van der Waals surface area contributed by atoms with Gasteiger partial charge in [-0.3, -0.25) is 4.79 Å². The molecule has 0 radical (unpaired) electrons. The lowest BCUT2D eigenvalue weighted by Crippen LogP contribution is -2.34. The van der Waals surface area contributed by atoms with E-state index in [1.807, 2.05) is 39.0 Å². The van der Waals surface area contributed by atoms with E-state index in [4.69, 9.17) is 15.6 Å². The number of ether oxygens (including phenoxy) is 1. The fraction of sp³-hybridized carbons (Fsp3) is 0.600. The van der Waals surface area contributed by atoms with Gasteiger partial charge in [-0.1, -0.05) is 18.2 Å². The monoisotopic (exact) mass is 296 g/mol. The van der Waals surface area contributed by atoms with Gasteiger partial charge in [0.1, 0.15) is 11.6 Å². The molecule has 21 heavy (non-hydrogen) atoms. The van der Waals surface area contributed by atoms with Crippen LogP contribution in [0.2, 0.25) is 0 Å². The van der Waals surface area contributed by atoms with Gasteiger partial charge in [0, 0.05) is 6.54 Å². The lowest BCUT2D eigenvalue weighted by Gasteiger charge is -2.21. The van der Waals surface area contributed by atoms with Gasteiger partial charge in [-0.15, -0.1) is 0 Å². The summed E-state index contributed by atoms with van der Waals surface area (Å²) < 4.78 is 5.15. The molecule has 0 aromatic heterocycles. The van der Waals surface area contributed by atoms with Gasteiger partial charge in [0.15, 0.2) is 0 Å². The topological polar surface area (TPSA) is 102 Å². The Morgan fingerprint density at radius 1 is 1.52 bits per heavy atom. The van der Waals surface area contributed by atoms with Crippen LogP contribution in [-0.2, 0) is 9.53 Å². The highest BCUT2D eigenvalue weighted by Gasteiger charge is 2.19. The minimum Gasteiger partial charge on any atom is -0.480 e. The Labute approximate surface area is 125 Å². The first-order valence-electron chi connectivity index (χ1n) is 7.00. The van der Waals surface area contributed by atoms with E-state index in [1.165, 1.54) is 0 Å². The number of carbonyl (C=O) groups is 2. The highest BCUT2D eigenvalue weighted by Crippen LogP contribution is 2.20. The van der Waals surface area contributed by atoms with Crippen molar-refractivity contribution in [2.75, 3.05) is 6.54 Å². The lowest BCUT2D eigenvalue weighted by molar-refractivity contribution is -0.138. The normalized spacial score (nSPS) is 19.6. The lowest BCUT2D eigenvalue weighted by atomic mass is 9.91. The standard InChI is InChI=1S/C15H24N2O4/c1-15(2,3)21-14(20)17-9-11-6-4-10(5-7-11)8-12(16)13(18)19/h4,6-7,10,12H,5,8-9,16H2,1-3H3,(H,17,20)(H,18,19)/t10?,12-/m1/s1. The molecular formula is C15H24N2O4. The molecule has 1 aliphatic rings. The molecule has 0 saturated heterocycles. The maximum Gasteiger partial charge on any atom is 0.407 e. The third-order valence-electron chi connectivity index (χ3n) is 2.97. The molecule has 0 aromatic carbocycles. The summed E-state index contributed by atoms with van der Waals surface area (Å²) in [6.45, 7) is 5.82. The first kappa shape index (κ1) is 17.2. The van der Waals surface area contributed by atoms with Crippen LogP contribution in [0.1, 0.15) is 33.6 Å². The average molecular weight is 296 g/mol. The number of rotatable bonds is 5. The molecule has 0 saturated carbocycles. The molecule has 1 unspecified atom stereocenters. The van der Waals surface area contributed by atoms with Gasteiger partial charge in [0.2, 0.25) is 0 Å². The first-order chi connectivity index (χ1) is 9.67. The van der Waals surface area contributed by atoms with Crippen LogP contribution in [-0.4, -0.2) is 35.4 Å². The number of carboxylic acid groups (broad SMARTS) is 1. The molecule has 0 heterocycles. The molecule has 1 rings (SSSR count). The third kappa shape index (κ3) is 6.94. The zero-order valence-corrected chi connectivity index (χ0v) is 12.8. The van der Waals surface area contributed by atoms with Crippen molar-refractivity contribution in [3.05, 3.63) is 23.8 Å². The summed E-state index contributed by atoms with van der Waals surface area (Å²) in [5.74, 6) is -0.855. The number of carbonyl (C=O) groups excluding carboxylic acids is 1. The third-order valence-corrected chi connectivity index (χ3v) is 2.97. The molecule has 0 fully saturated rings. The van der Waals surface area contributed by atoms with E-state index in [0.29, 0.717) is 13.0 Å². The Morgan fingerprint density at radius 2 is 2.19 bits per heavy atom. The Bertz CT molecular complexity index is 449. The molecule has 0 aromatic rings. The summed E-state index contributed by atoms with van der Waals surface area (Å²) in [5, 5.41) is 11.5. The van der Waals surface area contributed by atoms with Gasteiger partial charge in [-0.2, -0.15) is 0 Å². The predicted molar refractivity (Wildman–Crippen MR) is 79.8 cm³/mol. The van der Waals surface area contributed by atoms with E-state index in [9.17, 15) is 9.59 Å². The zero-order valence-electron chi connectivity index (χ0n) is 12.8. The number of nitrogens with one attached hydrogen (secondary N) is 1. The summed E-state index contributed by atoms with van der Waals surface area (Å²) >= 11 is 0. The molecule has 6 nitrogen and oxygen atoms in total. The maximum atomic E-state index is 11.5. The molecule has 1 amide bonds. The summed E-state index contributed by atoms with van der Waals surface area (Å²) in [4.78, 5) is 22.2. The van der Waals surface area contributed by atoms with Crippen LogP contribution in [0.15, 0.2) is 23.8 Å². The van der Waals surface area contributed by atoms with E-state index in [0.717, 1.165) is 12.0 Å². The molecule has 2 atom stereocenters. The molecule has 0 aliphatic heterocycles. The van der Waals surface area contributed by atoms with Crippen molar-refractivity contribution in [3.63, 3.8) is 0 Å². The van der Waals surface area contributed by atoms with Crippen LogP contribution in [0, 0.1) is 5.92 Å². The maximum absolute atomic E-state index is 11.5. The Balaban J connectivity index is 2.35. The second kappa shape index (κ2) is 7.26. The molecular weight excluding hydrogens is 272 g/mol. The fourth-order valence-corrected chi connectivity index (χ4v) is 1.93. The van der Waals surface area contributed by atoms with Crippen LogP contribution in [0.4, 0.5) is 4.79 Å². The number of amides is 1. The van der Waals surface area contributed by atoms with Crippen LogP contribution in [0.5, 0.6) is 0 Å². The van der Waals surface area contributed by atoms with E-state index in [-0.39, 0.29) is 5.92 Å². The SMILES string of the molecule is CC(C)(C)OC(=O)NCC1=CCC(C[C@@H](N)C(=O)O)C=C1. The number of nitrogens with two attached hydrogens (primary N) is 1. The number of hydrogen-bond donors (Lipinski definition) is 3. The number of alkyl carbamates (subject to hydrolysis) is 1. The highest BCUT2D eigenvalue weighted by atomic mass is 16.6. The Morgan fingerprint density at radius 3 is 2.67 bits per heavy atom. The number of hydrogen-bond acceptors (Lipinski definition) is 4. The molecule has 0 spiro atoms. The van der Waals surface area contributed by atoms with Crippen LogP contribution < -0.4 is 11.1 Å². The van der Waals surface area contributed by atoms with Gasteiger partial charge >= 0.3 is 12.1 Å². The van der Waals surface area contributed by atoms with Crippen LogP contribution >= 0.6 is 0 Å². The minimum absolute atomic E-state index is 0.126. The van der Waals surface area contributed by atoms with Gasteiger partial charge in [-0.05, 0) is 45.1 Å². The van der Waals surface area contributed by atoms with Crippen molar-refractivity contribution in [1.29, 1.82) is 0 Å². The smallest absolute Gasteiger partial charge is 0.407 e. The summed E-state index contributed by atoms with van der Waals surface area (Å²) in [5.41, 5.74) is 5.97. The average Bonchev–Trinajstić information content (AvgIpc) is 2.35. The number of aliphatic carboxylic acids is 1. The van der Waals surface area contributed by atoms with Crippen LogP contribution in [0.25, 0.3) is 0 Å². The van der Waals surface area contributed by atoms with Gasteiger partial charge in [0.25, 0.3) is 0 Å². The van der Waals surface area contributed by atoms with Crippen molar-refractivity contribution < 1.29 is 19.4 Å². The Hall–Kier alpha value is -1.82. The van der Waals surface area contributed by atoms with E-state index in [1.54, 1.807) is 0 Å². The van der Waals surface area contributed by atoms with Crippen molar-refractivity contribution in [1.82, 2.24) is 5.32 Å². The Kier molecular flexibility index (Phi) is 5.96. The van der Waals surface area contributed by atoms with Crippen molar-refractivity contribution in [2.45, 2.75) is 45.3 Å². The van der Waals surface area contributed by atoms with E-state index in [2.05, 4.69) is 5.32 Å². The molecule has 1 aliphatic carbocycles. The van der Waals surface area contributed by atoms with Crippen molar-refractivity contribution in [2.24, 2.45) is 11.7 Å². The molecule has 4 N–H and O–H groups in total. The second-order valence-electron chi connectivity index (χ2n) is 6.17. The molecule has 118 valence electrons.